The summed E-state index contributed by atoms with van der Waals surface area (Å²) in [5, 5.41) is 3.46. The Hall–Kier alpha value is -2.37. The van der Waals surface area contributed by atoms with E-state index in [1.54, 1.807) is 18.2 Å². The van der Waals surface area contributed by atoms with Crippen molar-refractivity contribution in [3.63, 3.8) is 0 Å². The smallest absolute Gasteiger partial charge is 0.344 e. The molecule has 6 heteroatoms. The molecule has 0 atom stereocenters. The number of halogens is 1. The van der Waals surface area contributed by atoms with Gasteiger partial charge in [-0.05, 0) is 37.6 Å². The van der Waals surface area contributed by atoms with Gasteiger partial charge < -0.3 is 9.47 Å². The van der Waals surface area contributed by atoms with Crippen molar-refractivity contribution in [3.05, 3.63) is 69.7 Å². The maximum atomic E-state index is 11.9. The quantitative estimate of drug-likeness (QED) is 0.545. The van der Waals surface area contributed by atoms with Gasteiger partial charge in [-0.3, -0.25) is 0 Å². The number of aromatic nitrogens is 1. The van der Waals surface area contributed by atoms with Crippen LogP contribution in [0.2, 0.25) is 5.02 Å². The first kappa shape index (κ1) is 18.4. The van der Waals surface area contributed by atoms with E-state index < -0.39 is 5.97 Å². The van der Waals surface area contributed by atoms with E-state index >= 15 is 0 Å². The monoisotopic (exact) mass is 387 g/mol. The molecule has 0 amide bonds. The number of hydrogen-bond donors (Lipinski definition) is 0. The van der Waals surface area contributed by atoms with Crippen LogP contribution in [0.15, 0.2) is 47.8 Å². The standard InChI is InChI=1S/C20H18ClNO3S/c1-13-3-5-15(6-4-13)20-22-16(12-26-20)10-25-19(23)11-24-17-7-8-18(21)14(2)9-17/h3-9,12H,10-11H2,1-2H3. The SMILES string of the molecule is Cc1ccc(-c2nc(COC(=O)COc3ccc(Cl)c(C)c3)cs2)cc1. The number of hydrogen-bond acceptors (Lipinski definition) is 5. The molecule has 3 rings (SSSR count). The number of esters is 1. The van der Waals surface area contributed by atoms with E-state index in [0.717, 1.165) is 21.8 Å². The summed E-state index contributed by atoms with van der Waals surface area (Å²) in [6.45, 7) is 3.89. The van der Waals surface area contributed by atoms with Crippen LogP contribution in [0.4, 0.5) is 0 Å². The summed E-state index contributed by atoms with van der Waals surface area (Å²) < 4.78 is 10.7. The maximum absolute atomic E-state index is 11.9. The number of ether oxygens (including phenoxy) is 2. The minimum absolute atomic E-state index is 0.129. The molecule has 0 aliphatic rings. The average molecular weight is 388 g/mol. The normalized spacial score (nSPS) is 10.6. The van der Waals surface area contributed by atoms with Crippen LogP contribution in [0.3, 0.4) is 0 Å². The lowest BCUT2D eigenvalue weighted by Gasteiger charge is -2.07. The highest BCUT2D eigenvalue weighted by Crippen LogP contribution is 2.24. The van der Waals surface area contributed by atoms with Gasteiger partial charge in [0.25, 0.3) is 0 Å². The molecule has 0 fully saturated rings. The van der Waals surface area contributed by atoms with Gasteiger partial charge in [0.2, 0.25) is 0 Å². The van der Waals surface area contributed by atoms with E-state index in [1.807, 2.05) is 43.5 Å². The summed E-state index contributed by atoms with van der Waals surface area (Å²) in [5.41, 5.74) is 3.87. The predicted octanol–water partition coefficient (Wildman–Crippen LogP) is 5.20. The fourth-order valence-corrected chi connectivity index (χ4v) is 3.18. The van der Waals surface area contributed by atoms with Gasteiger partial charge in [-0.2, -0.15) is 0 Å². The maximum Gasteiger partial charge on any atom is 0.344 e. The number of benzene rings is 2. The van der Waals surface area contributed by atoms with Crippen molar-refractivity contribution in [2.45, 2.75) is 20.5 Å². The zero-order valence-corrected chi connectivity index (χ0v) is 16.1. The zero-order chi connectivity index (χ0) is 18.5. The second-order valence-electron chi connectivity index (χ2n) is 5.87. The average Bonchev–Trinajstić information content (AvgIpc) is 3.10. The molecule has 134 valence electrons. The van der Waals surface area contributed by atoms with Crippen LogP contribution in [0.25, 0.3) is 10.6 Å². The van der Waals surface area contributed by atoms with E-state index in [9.17, 15) is 4.79 Å². The Kier molecular flexibility index (Phi) is 5.91. The molecule has 0 aliphatic carbocycles. The minimum Gasteiger partial charge on any atom is -0.482 e. The lowest BCUT2D eigenvalue weighted by Crippen LogP contribution is -2.14. The second-order valence-corrected chi connectivity index (χ2v) is 7.14. The first-order valence-electron chi connectivity index (χ1n) is 8.07. The van der Waals surface area contributed by atoms with Gasteiger partial charge in [0.15, 0.2) is 6.61 Å². The number of carbonyl (C=O) groups excluding carboxylic acids is 1. The molecule has 3 aromatic rings. The zero-order valence-electron chi connectivity index (χ0n) is 14.5. The van der Waals surface area contributed by atoms with E-state index in [-0.39, 0.29) is 13.2 Å². The van der Waals surface area contributed by atoms with Crippen LogP contribution in [0.5, 0.6) is 5.75 Å². The molecule has 0 aliphatic heterocycles. The topological polar surface area (TPSA) is 48.4 Å². The van der Waals surface area contributed by atoms with Crippen molar-refractivity contribution in [3.8, 4) is 16.3 Å². The molecule has 0 N–H and O–H groups in total. The largest absolute Gasteiger partial charge is 0.482 e. The van der Waals surface area contributed by atoms with Crippen LogP contribution in [-0.4, -0.2) is 17.6 Å². The first-order chi connectivity index (χ1) is 12.5. The Morgan fingerprint density at radius 2 is 1.92 bits per heavy atom. The Morgan fingerprint density at radius 1 is 1.15 bits per heavy atom. The molecule has 0 radical (unpaired) electrons. The summed E-state index contributed by atoms with van der Waals surface area (Å²) in [6, 6.07) is 13.4. The van der Waals surface area contributed by atoms with Gasteiger partial charge >= 0.3 is 5.97 Å². The fourth-order valence-electron chi connectivity index (χ4n) is 2.25. The number of nitrogens with zero attached hydrogens (tertiary/aromatic N) is 1. The molecule has 0 unspecified atom stereocenters. The van der Waals surface area contributed by atoms with Crippen molar-refractivity contribution in [1.82, 2.24) is 4.98 Å². The Labute approximate surface area is 161 Å². The minimum atomic E-state index is -0.442. The summed E-state index contributed by atoms with van der Waals surface area (Å²) in [7, 11) is 0. The van der Waals surface area contributed by atoms with E-state index in [4.69, 9.17) is 21.1 Å². The molecule has 0 saturated heterocycles. The van der Waals surface area contributed by atoms with Gasteiger partial charge in [-0.15, -0.1) is 11.3 Å². The van der Waals surface area contributed by atoms with E-state index in [1.165, 1.54) is 16.9 Å². The second kappa shape index (κ2) is 8.34. The van der Waals surface area contributed by atoms with E-state index in [0.29, 0.717) is 10.8 Å². The summed E-state index contributed by atoms with van der Waals surface area (Å²) >= 11 is 7.49. The summed E-state index contributed by atoms with van der Waals surface area (Å²) in [5.74, 6) is 0.140. The van der Waals surface area contributed by atoms with Gasteiger partial charge in [0.05, 0.1) is 5.69 Å². The van der Waals surface area contributed by atoms with Crippen LogP contribution < -0.4 is 4.74 Å². The third kappa shape index (κ3) is 4.84. The number of carbonyl (C=O) groups is 1. The van der Waals surface area contributed by atoms with Crippen molar-refractivity contribution < 1.29 is 14.3 Å². The Bertz CT molecular complexity index is 906. The molecule has 0 spiro atoms. The first-order valence-corrected chi connectivity index (χ1v) is 9.33. The van der Waals surface area contributed by atoms with Gasteiger partial charge in [0.1, 0.15) is 17.4 Å². The third-order valence-corrected chi connectivity index (χ3v) is 5.08. The summed E-state index contributed by atoms with van der Waals surface area (Å²) in [4.78, 5) is 16.4. The summed E-state index contributed by atoms with van der Waals surface area (Å²) in [6.07, 6.45) is 0. The fraction of sp³-hybridized carbons (Fsp3) is 0.200. The lowest BCUT2D eigenvalue weighted by atomic mass is 10.2. The molecular weight excluding hydrogens is 370 g/mol. The molecule has 1 aromatic heterocycles. The van der Waals surface area contributed by atoms with Crippen LogP contribution >= 0.6 is 22.9 Å². The van der Waals surface area contributed by atoms with Crippen molar-refractivity contribution >= 4 is 28.9 Å². The van der Waals surface area contributed by atoms with Gasteiger partial charge in [0, 0.05) is 16.0 Å². The molecule has 0 bridgehead atoms. The van der Waals surface area contributed by atoms with Gasteiger partial charge in [-0.1, -0.05) is 41.4 Å². The van der Waals surface area contributed by atoms with Crippen LogP contribution in [0, 0.1) is 13.8 Å². The molecule has 4 nitrogen and oxygen atoms in total. The lowest BCUT2D eigenvalue weighted by molar-refractivity contribution is -0.147. The molecular formula is C20H18ClNO3S. The van der Waals surface area contributed by atoms with E-state index in [2.05, 4.69) is 4.98 Å². The highest BCUT2D eigenvalue weighted by atomic mass is 35.5. The highest BCUT2D eigenvalue weighted by molar-refractivity contribution is 7.13. The molecule has 0 saturated carbocycles. The Balaban J connectivity index is 1.50. The number of rotatable bonds is 6. The molecule has 2 aromatic carbocycles. The Morgan fingerprint density at radius 3 is 2.65 bits per heavy atom. The number of aryl methyl sites for hydroxylation is 2. The van der Waals surface area contributed by atoms with Crippen molar-refractivity contribution in [2.75, 3.05) is 6.61 Å². The van der Waals surface area contributed by atoms with Crippen LogP contribution in [-0.2, 0) is 16.1 Å². The van der Waals surface area contributed by atoms with Crippen molar-refractivity contribution in [1.29, 1.82) is 0 Å². The third-order valence-electron chi connectivity index (χ3n) is 3.72. The van der Waals surface area contributed by atoms with Gasteiger partial charge in [-0.25, -0.2) is 9.78 Å². The predicted molar refractivity (Wildman–Crippen MR) is 104 cm³/mol. The van der Waals surface area contributed by atoms with Crippen molar-refractivity contribution in [2.24, 2.45) is 0 Å². The highest BCUT2D eigenvalue weighted by Gasteiger charge is 2.09. The molecule has 26 heavy (non-hydrogen) atoms. The number of thiazole rings is 1. The van der Waals surface area contributed by atoms with Crippen LogP contribution in [0.1, 0.15) is 16.8 Å². The molecule has 1 heterocycles.